The Morgan fingerprint density at radius 3 is 3.14 bits per heavy atom. The largest absolute Gasteiger partial charge is 0.489 e. The van der Waals surface area contributed by atoms with Crippen molar-refractivity contribution in [2.75, 3.05) is 13.7 Å². The third-order valence-corrected chi connectivity index (χ3v) is 1.80. The molecule has 0 unspecified atom stereocenters. The highest BCUT2D eigenvalue weighted by Crippen LogP contribution is 2.15. The van der Waals surface area contributed by atoms with E-state index in [0.29, 0.717) is 6.61 Å². The molecule has 1 heterocycles. The molecular formula is C11H16N2O. The van der Waals surface area contributed by atoms with Crippen LogP contribution in [-0.4, -0.2) is 18.6 Å². The molecule has 0 fully saturated rings. The zero-order valence-electron chi connectivity index (χ0n) is 8.66. The number of rotatable bonds is 5. The molecule has 14 heavy (non-hydrogen) atoms. The van der Waals surface area contributed by atoms with Gasteiger partial charge in [0, 0.05) is 24.5 Å². The number of hydrogen-bond acceptors (Lipinski definition) is 3. The summed E-state index contributed by atoms with van der Waals surface area (Å²) in [6.07, 6.45) is 7.51. The van der Waals surface area contributed by atoms with Crippen LogP contribution in [0.5, 0.6) is 5.75 Å². The Kier molecular flexibility index (Phi) is 4.72. The molecule has 1 rings (SSSR count). The van der Waals surface area contributed by atoms with Crippen molar-refractivity contribution in [3.05, 3.63) is 36.2 Å². The molecule has 0 aliphatic carbocycles. The maximum atomic E-state index is 5.56. The Balaban J connectivity index is 2.63. The maximum Gasteiger partial charge on any atom is 0.127 e. The molecule has 0 bridgehead atoms. The van der Waals surface area contributed by atoms with Crippen LogP contribution < -0.4 is 10.1 Å². The highest BCUT2D eigenvalue weighted by molar-refractivity contribution is 5.30. The van der Waals surface area contributed by atoms with Gasteiger partial charge in [0.2, 0.25) is 0 Å². The van der Waals surface area contributed by atoms with Crippen LogP contribution in [0.15, 0.2) is 30.6 Å². The van der Waals surface area contributed by atoms with Gasteiger partial charge in [-0.15, -0.1) is 0 Å². The average Bonchev–Trinajstić information content (AvgIpc) is 2.21. The number of nitrogens with zero attached hydrogens (tertiary/aromatic N) is 1. The summed E-state index contributed by atoms with van der Waals surface area (Å²) in [6.45, 7) is 3.36. The van der Waals surface area contributed by atoms with Crippen molar-refractivity contribution < 1.29 is 4.74 Å². The third kappa shape index (κ3) is 3.18. The highest BCUT2D eigenvalue weighted by atomic mass is 16.5. The lowest BCUT2D eigenvalue weighted by atomic mass is 10.2. The zero-order chi connectivity index (χ0) is 10.2. The van der Waals surface area contributed by atoms with E-state index in [9.17, 15) is 0 Å². The Hall–Kier alpha value is -1.35. The van der Waals surface area contributed by atoms with E-state index < -0.39 is 0 Å². The van der Waals surface area contributed by atoms with E-state index in [1.807, 2.05) is 38.4 Å². The van der Waals surface area contributed by atoms with Gasteiger partial charge in [0.05, 0.1) is 0 Å². The molecule has 0 aromatic carbocycles. The van der Waals surface area contributed by atoms with Gasteiger partial charge in [-0.05, 0) is 20.0 Å². The Morgan fingerprint density at radius 2 is 2.43 bits per heavy atom. The van der Waals surface area contributed by atoms with E-state index in [0.717, 1.165) is 17.9 Å². The summed E-state index contributed by atoms with van der Waals surface area (Å²) < 4.78 is 5.56. The van der Waals surface area contributed by atoms with Crippen LogP contribution in [0.1, 0.15) is 12.5 Å². The third-order valence-electron chi connectivity index (χ3n) is 1.80. The molecule has 0 atom stereocenters. The minimum absolute atomic E-state index is 0.608. The van der Waals surface area contributed by atoms with E-state index in [1.54, 1.807) is 6.20 Å². The lowest BCUT2D eigenvalue weighted by Crippen LogP contribution is -2.07. The van der Waals surface area contributed by atoms with Crippen molar-refractivity contribution in [2.24, 2.45) is 0 Å². The van der Waals surface area contributed by atoms with Crippen LogP contribution >= 0.6 is 0 Å². The molecule has 3 heteroatoms. The van der Waals surface area contributed by atoms with E-state index in [-0.39, 0.29) is 0 Å². The first-order chi connectivity index (χ1) is 6.88. The fraction of sp³-hybridized carbons (Fsp3) is 0.364. The predicted molar refractivity (Wildman–Crippen MR) is 57.3 cm³/mol. The fourth-order valence-corrected chi connectivity index (χ4v) is 1.11. The van der Waals surface area contributed by atoms with Crippen LogP contribution in [0.4, 0.5) is 0 Å². The molecule has 76 valence electrons. The van der Waals surface area contributed by atoms with Gasteiger partial charge in [0.15, 0.2) is 0 Å². The summed E-state index contributed by atoms with van der Waals surface area (Å²) in [7, 11) is 1.91. The Morgan fingerprint density at radius 1 is 1.57 bits per heavy atom. The molecule has 0 aliphatic rings. The number of aromatic nitrogens is 1. The van der Waals surface area contributed by atoms with Crippen molar-refractivity contribution in [1.29, 1.82) is 0 Å². The summed E-state index contributed by atoms with van der Waals surface area (Å²) in [5, 5.41) is 3.08. The van der Waals surface area contributed by atoms with Crippen molar-refractivity contribution >= 4 is 0 Å². The van der Waals surface area contributed by atoms with Gasteiger partial charge < -0.3 is 10.1 Å². The average molecular weight is 192 g/mol. The minimum Gasteiger partial charge on any atom is -0.489 e. The molecular weight excluding hydrogens is 176 g/mol. The number of pyridine rings is 1. The van der Waals surface area contributed by atoms with Crippen LogP contribution in [0.2, 0.25) is 0 Å². The molecule has 0 saturated carbocycles. The van der Waals surface area contributed by atoms with Crippen molar-refractivity contribution in [1.82, 2.24) is 10.3 Å². The maximum absolute atomic E-state index is 5.56. The Labute approximate surface area is 84.8 Å². The standard InChI is InChI=1S/C11H16N2O/c1-3-4-7-14-11-5-6-13-9-10(11)8-12-2/h3-6,9,12H,7-8H2,1-2H3/b4-3+. The van der Waals surface area contributed by atoms with Crippen molar-refractivity contribution in [2.45, 2.75) is 13.5 Å². The molecule has 0 aliphatic heterocycles. The number of nitrogens with one attached hydrogen (secondary N) is 1. The first-order valence-electron chi connectivity index (χ1n) is 4.70. The number of allylic oxidation sites excluding steroid dienone is 1. The summed E-state index contributed by atoms with van der Waals surface area (Å²) in [6, 6.07) is 1.89. The van der Waals surface area contributed by atoms with Gasteiger partial charge in [-0.3, -0.25) is 4.98 Å². The molecule has 1 aromatic heterocycles. The lowest BCUT2D eigenvalue weighted by Gasteiger charge is -2.08. The zero-order valence-corrected chi connectivity index (χ0v) is 8.66. The van der Waals surface area contributed by atoms with Gasteiger partial charge in [-0.25, -0.2) is 0 Å². The van der Waals surface area contributed by atoms with Gasteiger partial charge in [-0.2, -0.15) is 0 Å². The fourth-order valence-electron chi connectivity index (χ4n) is 1.11. The molecule has 1 N–H and O–H groups in total. The summed E-state index contributed by atoms with van der Waals surface area (Å²) >= 11 is 0. The van der Waals surface area contributed by atoms with Crippen LogP contribution in [0.3, 0.4) is 0 Å². The second-order valence-electron chi connectivity index (χ2n) is 2.89. The molecule has 0 amide bonds. The first kappa shape index (κ1) is 10.7. The Bertz CT molecular complexity index is 297. The summed E-state index contributed by atoms with van der Waals surface area (Å²) in [5.41, 5.74) is 1.08. The van der Waals surface area contributed by atoms with Crippen molar-refractivity contribution in [3.8, 4) is 5.75 Å². The number of hydrogen-bond donors (Lipinski definition) is 1. The van der Waals surface area contributed by atoms with E-state index in [2.05, 4.69) is 10.3 Å². The molecule has 1 aromatic rings. The van der Waals surface area contributed by atoms with Crippen molar-refractivity contribution in [3.63, 3.8) is 0 Å². The van der Waals surface area contributed by atoms with Gasteiger partial charge >= 0.3 is 0 Å². The normalized spacial score (nSPS) is 10.7. The second-order valence-corrected chi connectivity index (χ2v) is 2.89. The SMILES string of the molecule is C/C=C/COc1ccncc1CNC. The van der Waals surface area contributed by atoms with Gasteiger partial charge in [-0.1, -0.05) is 12.2 Å². The van der Waals surface area contributed by atoms with Crippen LogP contribution in [-0.2, 0) is 6.54 Å². The molecule has 0 radical (unpaired) electrons. The molecule has 0 saturated heterocycles. The highest BCUT2D eigenvalue weighted by Gasteiger charge is 2.00. The second kappa shape index (κ2) is 6.16. The van der Waals surface area contributed by atoms with Crippen LogP contribution in [0.25, 0.3) is 0 Å². The van der Waals surface area contributed by atoms with Crippen LogP contribution in [0, 0.1) is 0 Å². The lowest BCUT2D eigenvalue weighted by molar-refractivity contribution is 0.357. The smallest absolute Gasteiger partial charge is 0.127 e. The monoisotopic (exact) mass is 192 g/mol. The summed E-state index contributed by atoms with van der Waals surface area (Å²) in [4.78, 5) is 4.05. The van der Waals surface area contributed by atoms with E-state index in [1.165, 1.54) is 0 Å². The number of ether oxygens (including phenoxy) is 1. The quantitative estimate of drug-likeness (QED) is 0.722. The topological polar surface area (TPSA) is 34.1 Å². The van der Waals surface area contributed by atoms with Gasteiger partial charge in [0.25, 0.3) is 0 Å². The predicted octanol–water partition coefficient (Wildman–Crippen LogP) is 1.76. The first-order valence-corrected chi connectivity index (χ1v) is 4.70. The molecule has 0 spiro atoms. The van der Waals surface area contributed by atoms with Gasteiger partial charge in [0.1, 0.15) is 12.4 Å². The van der Waals surface area contributed by atoms with E-state index in [4.69, 9.17) is 4.74 Å². The molecule has 3 nitrogen and oxygen atoms in total. The van der Waals surface area contributed by atoms with E-state index >= 15 is 0 Å². The minimum atomic E-state index is 0.608. The summed E-state index contributed by atoms with van der Waals surface area (Å²) in [5.74, 6) is 0.896.